The summed E-state index contributed by atoms with van der Waals surface area (Å²) in [6, 6.07) is 13.3. The molecule has 0 spiro atoms. The van der Waals surface area contributed by atoms with E-state index in [1.807, 2.05) is 49.4 Å². The fourth-order valence-electron chi connectivity index (χ4n) is 1.82. The first-order valence-corrected chi connectivity index (χ1v) is 6.64. The second-order valence-corrected chi connectivity index (χ2v) is 4.80. The molecule has 0 bridgehead atoms. The average Bonchev–Trinajstić information content (AvgIpc) is 2.45. The third kappa shape index (κ3) is 4.03. The van der Waals surface area contributed by atoms with Gasteiger partial charge in [-0.15, -0.1) is 0 Å². The third-order valence-electron chi connectivity index (χ3n) is 2.77. The van der Waals surface area contributed by atoms with E-state index >= 15 is 0 Å². The average molecular weight is 287 g/mol. The first-order chi connectivity index (χ1) is 9.69. The van der Waals surface area contributed by atoms with Crippen LogP contribution >= 0.6 is 11.6 Å². The SMILES string of the molecule is Cc1cc(Cl)ccc1OCc1cccc(C#CCO)c1. The minimum Gasteiger partial charge on any atom is -0.489 e. The van der Waals surface area contributed by atoms with Gasteiger partial charge in [0, 0.05) is 10.6 Å². The van der Waals surface area contributed by atoms with Gasteiger partial charge in [-0.05, 0) is 48.4 Å². The normalized spacial score (nSPS) is 9.75. The highest BCUT2D eigenvalue weighted by Crippen LogP contribution is 2.22. The van der Waals surface area contributed by atoms with Crippen molar-refractivity contribution in [2.75, 3.05) is 6.61 Å². The molecule has 102 valence electrons. The molecule has 0 fully saturated rings. The Morgan fingerprint density at radius 1 is 1.20 bits per heavy atom. The highest BCUT2D eigenvalue weighted by molar-refractivity contribution is 6.30. The molecule has 0 aliphatic rings. The van der Waals surface area contributed by atoms with E-state index in [0.29, 0.717) is 11.6 Å². The second-order valence-electron chi connectivity index (χ2n) is 4.36. The molecule has 3 heteroatoms. The third-order valence-corrected chi connectivity index (χ3v) is 3.01. The van der Waals surface area contributed by atoms with E-state index in [1.165, 1.54) is 0 Å². The summed E-state index contributed by atoms with van der Waals surface area (Å²) in [5, 5.41) is 9.40. The topological polar surface area (TPSA) is 29.5 Å². The van der Waals surface area contributed by atoms with Gasteiger partial charge in [0.2, 0.25) is 0 Å². The Hall–Kier alpha value is -1.95. The van der Waals surface area contributed by atoms with Crippen molar-refractivity contribution in [3.63, 3.8) is 0 Å². The number of aliphatic hydroxyl groups excluding tert-OH is 1. The molecule has 20 heavy (non-hydrogen) atoms. The highest BCUT2D eigenvalue weighted by Gasteiger charge is 2.01. The molecule has 2 aromatic rings. The lowest BCUT2D eigenvalue weighted by atomic mass is 10.1. The predicted molar refractivity (Wildman–Crippen MR) is 80.9 cm³/mol. The first-order valence-electron chi connectivity index (χ1n) is 6.26. The molecule has 0 radical (unpaired) electrons. The molecule has 0 saturated carbocycles. The molecule has 1 N–H and O–H groups in total. The van der Waals surface area contributed by atoms with Crippen molar-refractivity contribution in [3.8, 4) is 17.6 Å². The fourth-order valence-corrected chi connectivity index (χ4v) is 2.04. The maximum atomic E-state index is 8.69. The van der Waals surface area contributed by atoms with Gasteiger partial charge in [0.1, 0.15) is 19.0 Å². The minimum atomic E-state index is -0.134. The molecule has 0 unspecified atom stereocenters. The molecule has 2 aromatic carbocycles. The van der Waals surface area contributed by atoms with Crippen LogP contribution in [0.25, 0.3) is 0 Å². The van der Waals surface area contributed by atoms with Crippen LogP contribution in [-0.2, 0) is 6.61 Å². The Kier molecular flexibility index (Phi) is 5.06. The summed E-state index contributed by atoms with van der Waals surface area (Å²) < 4.78 is 5.78. The van der Waals surface area contributed by atoms with Crippen LogP contribution in [0.5, 0.6) is 5.75 Å². The number of aryl methyl sites for hydroxylation is 1. The van der Waals surface area contributed by atoms with Crippen molar-refractivity contribution >= 4 is 11.6 Å². The summed E-state index contributed by atoms with van der Waals surface area (Å²) in [7, 11) is 0. The van der Waals surface area contributed by atoms with E-state index in [-0.39, 0.29) is 6.61 Å². The van der Waals surface area contributed by atoms with Crippen molar-refractivity contribution < 1.29 is 9.84 Å². The van der Waals surface area contributed by atoms with Crippen LogP contribution in [0.3, 0.4) is 0 Å². The number of ether oxygens (including phenoxy) is 1. The number of hydrogen-bond donors (Lipinski definition) is 1. The molecule has 2 nitrogen and oxygen atoms in total. The van der Waals surface area contributed by atoms with Crippen LogP contribution in [0.15, 0.2) is 42.5 Å². The molecular formula is C17H15ClO2. The molecule has 0 aliphatic heterocycles. The van der Waals surface area contributed by atoms with Crippen LogP contribution in [0.1, 0.15) is 16.7 Å². The van der Waals surface area contributed by atoms with E-state index in [1.54, 1.807) is 0 Å². The summed E-state index contributed by atoms with van der Waals surface area (Å²) in [5.74, 6) is 6.33. The maximum absolute atomic E-state index is 8.69. The number of benzene rings is 2. The van der Waals surface area contributed by atoms with Crippen LogP contribution < -0.4 is 4.74 Å². The van der Waals surface area contributed by atoms with Crippen LogP contribution in [0.2, 0.25) is 5.02 Å². The Morgan fingerprint density at radius 3 is 2.80 bits per heavy atom. The maximum Gasteiger partial charge on any atom is 0.122 e. The lowest BCUT2D eigenvalue weighted by molar-refractivity contribution is 0.304. The lowest BCUT2D eigenvalue weighted by Gasteiger charge is -2.09. The zero-order valence-corrected chi connectivity index (χ0v) is 11.9. The Morgan fingerprint density at radius 2 is 2.05 bits per heavy atom. The van der Waals surface area contributed by atoms with Crippen molar-refractivity contribution in [2.45, 2.75) is 13.5 Å². The molecule has 0 atom stereocenters. The van der Waals surface area contributed by atoms with Crippen LogP contribution in [0, 0.1) is 18.8 Å². The quantitative estimate of drug-likeness (QED) is 0.874. The largest absolute Gasteiger partial charge is 0.489 e. The van der Waals surface area contributed by atoms with E-state index < -0.39 is 0 Å². The summed E-state index contributed by atoms with van der Waals surface area (Å²) in [6.45, 7) is 2.30. The summed E-state index contributed by atoms with van der Waals surface area (Å²) in [5.41, 5.74) is 2.91. The van der Waals surface area contributed by atoms with Gasteiger partial charge in [-0.25, -0.2) is 0 Å². The van der Waals surface area contributed by atoms with Crippen molar-refractivity contribution in [2.24, 2.45) is 0 Å². The van der Waals surface area contributed by atoms with E-state index in [9.17, 15) is 0 Å². The number of rotatable bonds is 3. The summed E-state index contributed by atoms with van der Waals surface area (Å²) >= 11 is 5.91. The molecule has 0 amide bonds. The predicted octanol–water partition coefficient (Wildman–Crippen LogP) is 3.57. The second kappa shape index (κ2) is 7.00. The van der Waals surface area contributed by atoms with Crippen molar-refractivity contribution in [3.05, 3.63) is 64.2 Å². The minimum absolute atomic E-state index is 0.134. The zero-order chi connectivity index (χ0) is 14.4. The fraction of sp³-hybridized carbons (Fsp3) is 0.176. The number of hydrogen-bond acceptors (Lipinski definition) is 2. The van der Waals surface area contributed by atoms with E-state index in [0.717, 1.165) is 22.4 Å². The van der Waals surface area contributed by atoms with Gasteiger partial charge in [-0.1, -0.05) is 35.6 Å². The molecule has 0 aromatic heterocycles. The highest BCUT2D eigenvalue weighted by atomic mass is 35.5. The Bertz CT molecular complexity index is 654. The van der Waals surface area contributed by atoms with Gasteiger partial charge in [0.25, 0.3) is 0 Å². The molecule has 2 rings (SSSR count). The van der Waals surface area contributed by atoms with Crippen molar-refractivity contribution in [1.82, 2.24) is 0 Å². The molecule has 0 heterocycles. The van der Waals surface area contributed by atoms with Gasteiger partial charge >= 0.3 is 0 Å². The molecule has 0 saturated heterocycles. The molecular weight excluding hydrogens is 272 g/mol. The van der Waals surface area contributed by atoms with Gasteiger partial charge < -0.3 is 9.84 Å². The summed E-state index contributed by atoms with van der Waals surface area (Å²) in [4.78, 5) is 0. The number of aliphatic hydroxyl groups is 1. The van der Waals surface area contributed by atoms with E-state index in [2.05, 4.69) is 11.8 Å². The number of halogens is 1. The van der Waals surface area contributed by atoms with Crippen LogP contribution in [0.4, 0.5) is 0 Å². The Labute approximate surface area is 124 Å². The molecule has 0 aliphatic carbocycles. The zero-order valence-electron chi connectivity index (χ0n) is 11.2. The van der Waals surface area contributed by atoms with Crippen molar-refractivity contribution in [1.29, 1.82) is 0 Å². The standard InChI is InChI=1S/C17H15ClO2/c1-13-10-16(18)7-8-17(13)20-12-15-5-2-4-14(11-15)6-3-9-19/h2,4-5,7-8,10-11,19H,9,12H2,1H3. The smallest absolute Gasteiger partial charge is 0.122 e. The van der Waals surface area contributed by atoms with Gasteiger partial charge in [-0.2, -0.15) is 0 Å². The monoisotopic (exact) mass is 286 g/mol. The van der Waals surface area contributed by atoms with Crippen LogP contribution in [-0.4, -0.2) is 11.7 Å². The summed E-state index contributed by atoms with van der Waals surface area (Å²) in [6.07, 6.45) is 0. The van der Waals surface area contributed by atoms with Gasteiger partial charge in [0.15, 0.2) is 0 Å². The lowest BCUT2D eigenvalue weighted by Crippen LogP contribution is -1.97. The van der Waals surface area contributed by atoms with Gasteiger partial charge in [-0.3, -0.25) is 0 Å². The van der Waals surface area contributed by atoms with Gasteiger partial charge in [0.05, 0.1) is 0 Å². The van der Waals surface area contributed by atoms with E-state index in [4.69, 9.17) is 21.4 Å². The first kappa shape index (κ1) is 14.5. The Balaban J connectivity index is 2.07.